The number of amides is 1. The molecule has 2 aliphatic rings. The molecule has 3 rings (SSSR count). The van der Waals surface area contributed by atoms with Gasteiger partial charge in [0.2, 0.25) is 0 Å². The largest absolute Gasteiger partial charge is 0.508 e. The number of fused-ring (bicyclic) bond motifs is 1. The van der Waals surface area contributed by atoms with Gasteiger partial charge in [-0.3, -0.25) is 9.59 Å². The molecule has 1 aromatic rings. The van der Waals surface area contributed by atoms with Gasteiger partial charge in [0.05, 0.1) is 5.41 Å². The highest BCUT2D eigenvalue weighted by Gasteiger charge is 2.55. The van der Waals surface area contributed by atoms with Gasteiger partial charge in [0.1, 0.15) is 5.75 Å². The minimum Gasteiger partial charge on any atom is -0.508 e. The van der Waals surface area contributed by atoms with Crippen LogP contribution in [-0.4, -0.2) is 40.1 Å². The van der Waals surface area contributed by atoms with Crippen molar-refractivity contribution in [3.63, 3.8) is 0 Å². The molecule has 5 heteroatoms. The van der Waals surface area contributed by atoms with Crippen molar-refractivity contribution >= 4 is 11.9 Å². The molecule has 1 heterocycles. The Bertz CT molecular complexity index is 612. The summed E-state index contributed by atoms with van der Waals surface area (Å²) in [6, 6.07) is 4.84. The maximum atomic E-state index is 12.5. The molecule has 21 heavy (non-hydrogen) atoms. The SMILES string of the molecule is Cc1ccc(C(=O)N2C[C@@H]3CCC[C@@]3(C(=O)O)C2)cc1O. The first-order valence-corrected chi connectivity index (χ1v) is 7.26. The number of carboxylic acid groups (broad SMARTS) is 1. The van der Waals surface area contributed by atoms with Gasteiger partial charge in [-0.15, -0.1) is 0 Å². The number of aromatic hydroxyl groups is 1. The summed E-state index contributed by atoms with van der Waals surface area (Å²) in [4.78, 5) is 25.8. The second kappa shape index (κ2) is 4.76. The molecule has 0 spiro atoms. The molecule has 1 amide bonds. The Balaban J connectivity index is 1.84. The first-order valence-electron chi connectivity index (χ1n) is 7.26. The van der Waals surface area contributed by atoms with Crippen molar-refractivity contribution in [3.05, 3.63) is 29.3 Å². The molecular weight excluding hydrogens is 270 g/mol. The Morgan fingerprint density at radius 3 is 2.76 bits per heavy atom. The van der Waals surface area contributed by atoms with Crippen molar-refractivity contribution < 1.29 is 19.8 Å². The van der Waals surface area contributed by atoms with Gasteiger partial charge in [-0.25, -0.2) is 0 Å². The maximum Gasteiger partial charge on any atom is 0.311 e. The first kappa shape index (κ1) is 13.9. The summed E-state index contributed by atoms with van der Waals surface area (Å²) >= 11 is 0. The van der Waals surface area contributed by atoms with Gasteiger partial charge in [0.15, 0.2) is 0 Å². The van der Waals surface area contributed by atoms with Crippen LogP contribution in [0.5, 0.6) is 5.75 Å². The van der Waals surface area contributed by atoms with E-state index in [-0.39, 0.29) is 24.1 Å². The molecule has 5 nitrogen and oxygen atoms in total. The van der Waals surface area contributed by atoms with E-state index in [1.54, 1.807) is 24.0 Å². The molecule has 1 aliphatic heterocycles. The predicted molar refractivity (Wildman–Crippen MR) is 76.2 cm³/mol. The number of phenols is 1. The lowest BCUT2D eigenvalue weighted by Crippen LogP contribution is -2.37. The van der Waals surface area contributed by atoms with Gasteiger partial charge in [-0.1, -0.05) is 12.5 Å². The normalized spacial score (nSPS) is 27.7. The number of rotatable bonds is 2. The third-order valence-corrected chi connectivity index (χ3v) is 5.04. The van der Waals surface area contributed by atoms with Gasteiger partial charge in [-0.2, -0.15) is 0 Å². The highest BCUT2D eigenvalue weighted by Crippen LogP contribution is 2.49. The Morgan fingerprint density at radius 2 is 2.14 bits per heavy atom. The summed E-state index contributed by atoms with van der Waals surface area (Å²) < 4.78 is 0. The fraction of sp³-hybridized carbons (Fsp3) is 0.500. The monoisotopic (exact) mass is 289 g/mol. The van der Waals surface area contributed by atoms with Crippen LogP contribution in [0.3, 0.4) is 0 Å². The summed E-state index contributed by atoms with van der Waals surface area (Å²) in [5.74, 6) is -0.835. The molecule has 1 saturated carbocycles. The van der Waals surface area contributed by atoms with E-state index >= 15 is 0 Å². The Labute approximate surface area is 123 Å². The number of carbonyl (C=O) groups excluding carboxylic acids is 1. The molecular formula is C16H19NO4. The predicted octanol–water partition coefficient (Wildman–Crippen LogP) is 2.03. The number of phenolic OH excluding ortho intramolecular Hbond substituents is 1. The minimum absolute atomic E-state index is 0.0537. The van der Waals surface area contributed by atoms with Crippen LogP contribution in [0.1, 0.15) is 35.2 Å². The van der Waals surface area contributed by atoms with Crippen molar-refractivity contribution in [2.45, 2.75) is 26.2 Å². The number of hydrogen-bond acceptors (Lipinski definition) is 3. The number of carbonyl (C=O) groups is 2. The van der Waals surface area contributed by atoms with Crippen molar-refractivity contribution in [2.24, 2.45) is 11.3 Å². The lowest BCUT2D eigenvalue weighted by molar-refractivity contribution is -0.149. The average Bonchev–Trinajstić information content (AvgIpc) is 2.98. The average molecular weight is 289 g/mol. The molecule has 2 fully saturated rings. The van der Waals surface area contributed by atoms with Crippen molar-refractivity contribution in [1.82, 2.24) is 4.90 Å². The van der Waals surface area contributed by atoms with Crippen LogP contribution in [0.4, 0.5) is 0 Å². The van der Waals surface area contributed by atoms with E-state index in [1.807, 2.05) is 0 Å². The van der Waals surface area contributed by atoms with Crippen LogP contribution in [0.15, 0.2) is 18.2 Å². The van der Waals surface area contributed by atoms with Crippen LogP contribution in [0.2, 0.25) is 0 Å². The van der Waals surface area contributed by atoms with Crippen molar-refractivity contribution in [1.29, 1.82) is 0 Å². The molecule has 2 N–H and O–H groups in total. The van der Waals surface area contributed by atoms with Gasteiger partial charge in [0, 0.05) is 18.7 Å². The van der Waals surface area contributed by atoms with Crippen molar-refractivity contribution in [3.8, 4) is 5.75 Å². The smallest absolute Gasteiger partial charge is 0.311 e. The number of hydrogen-bond donors (Lipinski definition) is 2. The number of aliphatic carboxylic acids is 1. The fourth-order valence-electron chi connectivity index (χ4n) is 3.72. The lowest BCUT2D eigenvalue weighted by atomic mass is 9.81. The fourth-order valence-corrected chi connectivity index (χ4v) is 3.72. The minimum atomic E-state index is -0.785. The third-order valence-electron chi connectivity index (χ3n) is 5.04. The van der Waals surface area contributed by atoms with Crippen LogP contribution in [0, 0.1) is 18.3 Å². The molecule has 1 aliphatic carbocycles. The number of nitrogens with zero attached hydrogens (tertiary/aromatic N) is 1. The highest BCUT2D eigenvalue weighted by molar-refractivity contribution is 5.95. The highest BCUT2D eigenvalue weighted by atomic mass is 16.4. The molecule has 0 bridgehead atoms. The maximum absolute atomic E-state index is 12.5. The first-order chi connectivity index (χ1) is 9.94. The van der Waals surface area contributed by atoms with Crippen LogP contribution < -0.4 is 0 Å². The zero-order chi connectivity index (χ0) is 15.2. The standard InChI is InChI=1S/C16H19NO4/c1-10-4-5-11(7-13(10)18)14(19)17-8-12-3-2-6-16(12,9-17)15(20)21/h4-5,7,12,18H,2-3,6,8-9H2,1H3,(H,20,21)/t12-,16+/m0/s1. The van der Waals surface area contributed by atoms with Gasteiger partial charge in [-0.05, 0) is 43.4 Å². The molecule has 0 aromatic heterocycles. The third kappa shape index (κ3) is 2.07. The summed E-state index contributed by atoms with van der Waals surface area (Å²) in [7, 11) is 0. The van der Waals surface area contributed by atoms with Crippen LogP contribution >= 0.6 is 0 Å². The van der Waals surface area contributed by atoms with Crippen LogP contribution in [0.25, 0.3) is 0 Å². The van der Waals surface area contributed by atoms with E-state index in [0.717, 1.165) is 12.8 Å². The number of carboxylic acids is 1. The second-order valence-corrected chi connectivity index (χ2v) is 6.24. The van der Waals surface area contributed by atoms with Gasteiger partial charge >= 0.3 is 5.97 Å². The second-order valence-electron chi connectivity index (χ2n) is 6.24. The number of benzene rings is 1. The molecule has 112 valence electrons. The van der Waals surface area contributed by atoms with E-state index in [2.05, 4.69) is 0 Å². The summed E-state index contributed by atoms with van der Waals surface area (Å²) in [6.07, 6.45) is 2.44. The van der Waals surface area contributed by atoms with E-state index in [0.29, 0.717) is 24.1 Å². The van der Waals surface area contributed by atoms with E-state index in [1.165, 1.54) is 6.07 Å². The topological polar surface area (TPSA) is 77.8 Å². The Hall–Kier alpha value is -2.04. The summed E-state index contributed by atoms with van der Waals surface area (Å²) in [6.45, 7) is 2.55. The Kier molecular flexibility index (Phi) is 3.15. The zero-order valence-electron chi connectivity index (χ0n) is 12.0. The lowest BCUT2D eigenvalue weighted by Gasteiger charge is -2.23. The zero-order valence-corrected chi connectivity index (χ0v) is 12.0. The van der Waals surface area contributed by atoms with E-state index in [4.69, 9.17) is 0 Å². The van der Waals surface area contributed by atoms with Crippen molar-refractivity contribution in [2.75, 3.05) is 13.1 Å². The van der Waals surface area contributed by atoms with Crippen LogP contribution in [-0.2, 0) is 4.79 Å². The number of aryl methyl sites for hydroxylation is 1. The molecule has 0 radical (unpaired) electrons. The van der Waals surface area contributed by atoms with Gasteiger partial charge < -0.3 is 15.1 Å². The summed E-state index contributed by atoms with van der Waals surface area (Å²) in [5.41, 5.74) is 0.369. The quantitative estimate of drug-likeness (QED) is 0.873. The molecule has 1 aromatic carbocycles. The Morgan fingerprint density at radius 1 is 1.38 bits per heavy atom. The number of likely N-dealkylation sites (tertiary alicyclic amines) is 1. The summed E-state index contributed by atoms with van der Waals surface area (Å²) in [5, 5.41) is 19.3. The molecule has 0 unspecified atom stereocenters. The van der Waals surface area contributed by atoms with E-state index < -0.39 is 11.4 Å². The van der Waals surface area contributed by atoms with Gasteiger partial charge in [0.25, 0.3) is 5.91 Å². The van der Waals surface area contributed by atoms with E-state index in [9.17, 15) is 19.8 Å². The molecule has 2 atom stereocenters. The molecule has 1 saturated heterocycles.